The van der Waals surface area contributed by atoms with E-state index in [0.717, 1.165) is 30.2 Å². The summed E-state index contributed by atoms with van der Waals surface area (Å²) in [6.07, 6.45) is 3.12. The van der Waals surface area contributed by atoms with E-state index in [1.807, 2.05) is 17.5 Å². The van der Waals surface area contributed by atoms with Crippen LogP contribution in [0.25, 0.3) is 10.8 Å². The first-order valence-corrected chi connectivity index (χ1v) is 7.54. The number of oxazole rings is 1. The molecule has 0 saturated carbocycles. The number of carboxylic acid groups (broad SMARTS) is 1. The summed E-state index contributed by atoms with van der Waals surface area (Å²) < 4.78 is 5.49. The van der Waals surface area contributed by atoms with E-state index in [4.69, 9.17) is 9.52 Å². The third-order valence-corrected chi connectivity index (χ3v) is 4.46. The first kappa shape index (κ1) is 13.3. The Bertz CT molecular complexity index is 571. The molecular weight excluding hydrogens is 276 g/mol. The van der Waals surface area contributed by atoms with E-state index in [2.05, 4.69) is 9.88 Å². The molecule has 3 rings (SSSR count). The summed E-state index contributed by atoms with van der Waals surface area (Å²) in [5, 5.41) is 11.0. The van der Waals surface area contributed by atoms with E-state index in [0.29, 0.717) is 18.7 Å². The van der Waals surface area contributed by atoms with E-state index < -0.39 is 5.97 Å². The molecule has 0 radical (unpaired) electrons. The topological polar surface area (TPSA) is 66.6 Å². The lowest BCUT2D eigenvalue weighted by Crippen LogP contribution is -2.35. The van der Waals surface area contributed by atoms with Gasteiger partial charge in [0.05, 0.1) is 16.5 Å². The molecule has 2 aromatic rings. The van der Waals surface area contributed by atoms with Crippen LogP contribution in [0.4, 0.5) is 0 Å². The van der Waals surface area contributed by atoms with E-state index in [9.17, 15) is 4.79 Å². The average Bonchev–Trinajstić information content (AvgIpc) is 3.09. The molecule has 5 nitrogen and oxygen atoms in total. The third kappa shape index (κ3) is 2.91. The number of aromatic nitrogens is 1. The van der Waals surface area contributed by atoms with Crippen LogP contribution in [-0.2, 0) is 11.3 Å². The zero-order valence-corrected chi connectivity index (χ0v) is 11.8. The maximum atomic E-state index is 10.9. The fraction of sp³-hybridized carbons (Fsp3) is 0.429. The summed E-state index contributed by atoms with van der Waals surface area (Å²) in [5.74, 6) is -0.202. The second kappa shape index (κ2) is 5.76. The monoisotopic (exact) mass is 292 g/mol. The smallest absolute Gasteiger partial charge is 0.306 e. The van der Waals surface area contributed by atoms with Gasteiger partial charge in [0.2, 0.25) is 5.89 Å². The van der Waals surface area contributed by atoms with Crippen LogP contribution in [0.5, 0.6) is 0 Å². The molecule has 1 aliphatic heterocycles. The predicted octanol–water partition coefficient (Wildman–Crippen LogP) is 2.70. The van der Waals surface area contributed by atoms with Crippen molar-refractivity contribution < 1.29 is 14.3 Å². The van der Waals surface area contributed by atoms with Gasteiger partial charge >= 0.3 is 5.97 Å². The van der Waals surface area contributed by atoms with Crippen LogP contribution in [0.2, 0.25) is 0 Å². The fourth-order valence-corrected chi connectivity index (χ4v) is 3.12. The second-order valence-electron chi connectivity index (χ2n) is 5.01. The van der Waals surface area contributed by atoms with Gasteiger partial charge in [0, 0.05) is 6.54 Å². The number of aliphatic carboxylic acids is 1. The van der Waals surface area contributed by atoms with Crippen molar-refractivity contribution in [2.75, 3.05) is 13.1 Å². The molecule has 6 heteroatoms. The SMILES string of the molecule is O=C(O)C1CCN(Cc2coc(-c3cccs3)n2)CC1. The molecule has 0 spiro atoms. The lowest BCUT2D eigenvalue weighted by Gasteiger charge is -2.29. The van der Waals surface area contributed by atoms with E-state index in [1.54, 1.807) is 17.6 Å². The Morgan fingerprint density at radius 3 is 2.95 bits per heavy atom. The van der Waals surface area contributed by atoms with E-state index >= 15 is 0 Å². The van der Waals surface area contributed by atoms with Crippen LogP contribution in [0.1, 0.15) is 18.5 Å². The molecule has 1 fully saturated rings. The molecule has 1 aliphatic rings. The molecule has 1 saturated heterocycles. The highest BCUT2D eigenvalue weighted by molar-refractivity contribution is 7.13. The van der Waals surface area contributed by atoms with Gasteiger partial charge in [0.15, 0.2) is 0 Å². The highest BCUT2D eigenvalue weighted by Gasteiger charge is 2.24. The molecule has 0 unspecified atom stereocenters. The average molecular weight is 292 g/mol. The van der Waals surface area contributed by atoms with Gasteiger partial charge in [-0.1, -0.05) is 6.07 Å². The normalized spacial score (nSPS) is 17.4. The third-order valence-electron chi connectivity index (χ3n) is 3.61. The van der Waals surface area contributed by atoms with Gasteiger partial charge in [-0.15, -0.1) is 11.3 Å². The molecule has 1 N–H and O–H groups in total. The Morgan fingerprint density at radius 1 is 1.50 bits per heavy atom. The number of likely N-dealkylation sites (tertiary alicyclic amines) is 1. The van der Waals surface area contributed by atoms with Gasteiger partial charge in [-0.05, 0) is 37.4 Å². The van der Waals surface area contributed by atoms with Crippen LogP contribution in [0, 0.1) is 5.92 Å². The van der Waals surface area contributed by atoms with Crippen LogP contribution < -0.4 is 0 Å². The van der Waals surface area contributed by atoms with Crippen molar-refractivity contribution in [3.05, 3.63) is 29.5 Å². The summed E-state index contributed by atoms with van der Waals surface area (Å²) in [6.45, 7) is 2.33. The van der Waals surface area contributed by atoms with Crippen molar-refractivity contribution in [3.8, 4) is 10.8 Å². The summed E-state index contributed by atoms with van der Waals surface area (Å²) in [6, 6.07) is 3.96. The maximum Gasteiger partial charge on any atom is 0.306 e. The minimum atomic E-state index is -0.675. The second-order valence-corrected chi connectivity index (χ2v) is 5.96. The highest BCUT2D eigenvalue weighted by atomic mass is 32.1. The zero-order valence-electron chi connectivity index (χ0n) is 11.0. The molecule has 0 bridgehead atoms. The number of carbonyl (C=O) groups is 1. The fourth-order valence-electron chi connectivity index (χ4n) is 2.46. The van der Waals surface area contributed by atoms with Gasteiger partial charge in [0.25, 0.3) is 0 Å². The van der Waals surface area contributed by atoms with Crippen molar-refractivity contribution in [1.82, 2.24) is 9.88 Å². The first-order valence-electron chi connectivity index (χ1n) is 6.66. The number of hydrogen-bond acceptors (Lipinski definition) is 5. The number of thiophene rings is 1. The Balaban J connectivity index is 1.58. The van der Waals surface area contributed by atoms with Gasteiger partial charge in [-0.2, -0.15) is 0 Å². The van der Waals surface area contributed by atoms with Crippen molar-refractivity contribution in [2.45, 2.75) is 19.4 Å². The van der Waals surface area contributed by atoms with Crippen molar-refractivity contribution in [2.24, 2.45) is 5.92 Å². The number of piperidine rings is 1. The van der Waals surface area contributed by atoms with Crippen LogP contribution in [-0.4, -0.2) is 34.0 Å². The van der Waals surface area contributed by atoms with Crippen LogP contribution >= 0.6 is 11.3 Å². The Morgan fingerprint density at radius 2 is 2.30 bits per heavy atom. The summed E-state index contributed by atoms with van der Waals surface area (Å²) in [4.78, 5) is 18.7. The Hall–Kier alpha value is -1.66. The van der Waals surface area contributed by atoms with Gasteiger partial charge in [-0.3, -0.25) is 9.69 Å². The lowest BCUT2D eigenvalue weighted by molar-refractivity contribution is -0.143. The number of hydrogen-bond donors (Lipinski definition) is 1. The highest BCUT2D eigenvalue weighted by Crippen LogP contribution is 2.25. The number of rotatable bonds is 4. The minimum absolute atomic E-state index is 0.190. The standard InChI is InChI=1S/C14H16N2O3S/c17-14(18)10-3-5-16(6-4-10)8-11-9-19-13(15-11)12-2-1-7-20-12/h1-2,7,9-10H,3-6,8H2,(H,17,18). The van der Waals surface area contributed by atoms with Gasteiger partial charge in [-0.25, -0.2) is 4.98 Å². The molecule has 0 aliphatic carbocycles. The molecule has 106 valence electrons. The summed E-state index contributed by atoms with van der Waals surface area (Å²) in [7, 11) is 0. The van der Waals surface area contributed by atoms with Gasteiger partial charge in [0.1, 0.15) is 6.26 Å². The van der Waals surface area contributed by atoms with Crippen LogP contribution in [0.3, 0.4) is 0 Å². The van der Waals surface area contributed by atoms with Crippen LogP contribution in [0.15, 0.2) is 28.2 Å². The molecule has 20 heavy (non-hydrogen) atoms. The zero-order chi connectivity index (χ0) is 13.9. The Kier molecular flexibility index (Phi) is 3.84. The predicted molar refractivity (Wildman–Crippen MR) is 75.5 cm³/mol. The maximum absolute atomic E-state index is 10.9. The van der Waals surface area contributed by atoms with E-state index in [-0.39, 0.29) is 5.92 Å². The molecular formula is C14H16N2O3S. The molecule has 0 amide bonds. The quantitative estimate of drug-likeness (QED) is 0.938. The summed E-state index contributed by atoms with van der Waals surface area (Å²) in [5.41, 5.74) is 0.905. The minimum Gasteiger partial charge on any atom is -0.481 e. The van der Waals surface area contributed by atoms with Crippen molar-refractivity contribution in [1.29, 1.82) is 0 Å². The molecule has 0 atom stereocenters. The Labute approximate surface area is 120 Å². The lowest BCUT2D eigenvalue weighted by atomic mass is 9.97. The molecule has 2 aromatic heterocycles. The van der Waals surface area contributed by atoms with E-state index in [1.165, 1.54) is 0 Å². The van der Waals surface area contributed by atoms with Crippen molar-refractivity contribution in [3.63, 3.8) is 0 Å². The number of carboxylic acids is 1. The molecule has 3 heterocycles. The molecule has 0 aromatic carbocycles. The number of nitrogens with zero attached hydrogens (tertiary/aromatic N) is 2. The van der Waals surface area contributed by atoms with Crippen molar-refractivity contribution >= 4 is 17.3 Å². The van der Waals surface area contributed by atoms with Gasteiger partial charge < -0.3 is 9.52 Å². The first-order chi connectivity index (χ1) is 9.72. The largest absolute Gasteiger partial charge is 0.481 e. The summed E-state index contributed by atoms with van der Waals surface area (Å²) >= 11 is 1.60.